The summed E-state index contributed by atoms with van der Waals surface area (Å²) in [6.45, 7) is 0. The van der Waals surface area contributed by atoms with Crippen molar-refractivity contribution in [2.75, 3.05) is 19.4 Å². The summed E-state index contributed by atoms with van der Waals surface area (Å²) in [5.74, 6) is -0.277. The molecule has 7 heteroatoms. The van der Waals surface area contributed by atoms with Crippen LogP contribution in [0.1, 0.15) is 11.1 Å². The van der Waals surface area contributed by atoms with Gasteiger partial charge in [0.15, 0.2) is 0 Å². The number of carbonyl (C=O) groups excluding carboxylic acids is 1. The first-order valence-electron chi connectivity index (χ1n) is 7.15. The van der Waals surface area contributed by atoms with E-state index in [1.165, 1.54) is 26.2 Å². The molecule has 24 heavy (non-hydrogen) atoms. The summed E-state index contributed by atoms with van der Waals surface area (Å²) in [5, 5.41) is 11.7. The van der Waals surface area contributed by atoms with E-state index in [-0.39, 0.29) is 17.2 Å². The first-order chi connectivity index (χ1) is 11.3. The van der Waals surface area contributed by atoms with E-state index in [1.54, 1.807) is 36.4 Å². The fourth-order valence-electron chi connectivity index (χ4n) is 2.06. The number of benzene rings is 2. The van der Waals surface area contributed by atoms with Crippen molar-refractivity contribution in [1.82, 2.24) is 4.31 Å². The fourth-order valence-corrected chi connectivity index (χ4v) is 2.96. The van der Waals surface area contributed by atoms with E-state index in [9.17, 15) is 13.2 Å². The lowest BCUT2D eigenvalue weighted by atomic mass is 10.1. The van der Waals surface area contributed by atoms with Crippen LogP contribution >= 0.6 is 0 Å². The number of hydrogen-bond acceptors (Lipinski definition) is 4. The van der Waals surface area contributed by atoms with Crippen LogP contribution < -0.4 is 5.32 Å². The second-order valence-corrected chi connectivity index (χ2v) is 7.47. The van der Waals surface area contributed by atoms with Crippen molar-refractivity contribution in [3.8, 4) is 6.07 Å². The highest BCUT2D eigenvalue weighted by atomic mass is 32.2. The maximum atomic E-state index is 12.1. The third-order valence-corrected chi connectivity index (χ3v) is 5.22. The van der Waals surface area contributed by atoms with E-state index in [0.717, 1.165) is 4.31 Å². The lowest BCUT2D eigenvalue weighted by Crippen LogP contribution is -2.22. The zero-order valence-electron chi connectivity index (χ0n) is 13.4. The Kier molecular flexibility index (Phi) is 5.34. The molecule has 6 nitrogen and oxygen atoms in total. The van der Waals surface area contributed by atoms with Crippen molar-refractivity contribution < 1.29 is 13.2 Å². The molecule has 0 aromatic heterocycles. The maximum Gasteiger partial charge on any atom is 0.242 e. The molecule has 0 unspecified atom stereocenters. The van der Waals surface area contributed by atoms with E-state index in [4.69, 9.17) is 5.26 Å². The zero-order valence-corrected chi connectivity index (χ0v) is 14.2. The van der Waals surface area contributed by atoms with Crippen molar-refractivity contribution in [3.63, 3.8) is 0 Å². The number of sulfonamides is 1. The van der Waals surface area contributed by atoms with Gasteiger partial charge < -0.3 is 5.32 Å². The van der Waals surface area contributed by atoms with Gasteiger partial charge in [-0.2, -0.15) is 5.26 Å². The Morgan fingerprint density at radius 3 is 2.33 bits per heavy atom. The molecule has 1 N–H and O–H groups in total. The standard InChI is InChI=1S/C17H17N3O3S/c1-20(2)24(22,23)15-9-7-13(8-10-15)11-17(21)19-16-6-4-3-5-14(16)12-18/h3-10H,11H2,1-2H3,(H,19,21). The first kappa shape index (κ1) is 17.7. The van der Waals surface area contributed by atoms with Crippen molar-refractivity contribution >= 4 is 21.6 Å². The smallest absolute Gasteiger partial charge is 0.242 e. The summed E-state index contributed by atoms with van der Waals surface area (Å²) in [6.07, 6.45) is 0.0854. The SMILES string of the molecule is CN(C)S(=O)(=O)c1ccc(CC(=O)Nc2ccccc2C#N)cc1. The predicted octanol–water partition coefficient (Wildman–Crippen LogP) is 1.99. The van der Waals surface area contributed by atoms with Crippen LogP contribution in [0.15, 0.2) is 53.4 Å². The van der Waals surface area contributed by atoms with Crippen LogP contribution in [0.5, 0.6) is 0 Å². The molecule has 0 atom stereocenters. The minimum Gasteiger partial charge on any atom is -0.325 e. The molecule has 0 saturated carbocycles. The molecule has 1 amide bonds. The summed E-state index contributed by atoms with van der Waals surface area (Å²) in [5.41, 5.74) is 1.52. The van der Waals surface area contributed by atoms with Gasteiger partial charge in [0.25, 0.3) is 0 Å². The van der Waals surface area contributed by atoms with Crippen molar-refractivity contribution in [2.24, 2.45) is 0 Å². The molecule has 0 spiro atoms. The Balaban J connectivity index is 2.09. The maximum absolute atomic E-state index is 12.1. The normalized spacial score (nSPS) is 11.1. The van der Waals surface area contributed by atoms with Gasteiger partial charge in [0, 0.05) is 14.1 Å². The summed E-state index contributed by atoms with van der Waals surface area (Å²) >= 11 is 0. The number of rotatable bonds is 5. The molecule has 0 bridgehead atoms. The highest BCUT2D eigenvalue weighted by molar-refractivity contribution is 7.89. The van der Waals surface area contributed by atoms with Crippen LogP contribution in [-0.2, 0) is 21.2 Å². The van der Waals surface area contributed by atoms with Gasteiger partial charge in [-0.3, -0.25) is 4.79 Å². The quantitative estimate of drug-likeness (QED) is 0.899. The van der Waals surface area contributed by atoms with Crippen LogP contribution in [0.3, 0.4) is 0 Å². The van der Waals surface area contributed by atoms with E-state index >= 15 is 0 Å². The second-order valence-electron chi connectivity index (χ2n) is 5.31. The number of nitriles is 1. The number of carbonyl (C=O) groups is 1. The molecular formula is C17H17N3O3S. The Morgan fingerprint density at radius 2 is 1.75 bits per heavy atom. The average molecular weight is 343 g/mol. The summed E-state index contributed by atoms with van der Waals surface area (Å²) in [6, 6.07) is 14.9. The van der Waals surface area contributed by atoms with Gasteiger partial charge in [0.2, 0.25) is 15.9 Å². The summed E-state index contributed by atoms with van der Waals surface area (Å²) < 4.78 is 25.1. The van der Waals surface area contributed by atoms with Crippen LogP contribution in [0.25, 0.3) is 0 Å². The third kappa shape index (κ3) is 3.98. The summed E-state index contributed by atoms with van der Waals surface area (Å²) in [7, 11) is -0.560. The lowest BCUT2D eigenvalue weighted by Gasteiger charge is -2.11. The molecule has 0 heterocycles. The molecule has 2 aromatic carbocycles. The van der Waals surface area contributed by atoms with Gasteiger partial charge >= 0.3 is 0 Å². The largest absolute Gasteiger partial charge is 0.325 e. The molecule has 2 rings (SSSR count). The van der Waals surface area contributed by atoms with E-state index in [0.29, 0.717) is 16.8 Å². The molecular weight excluding hydrogens is 326 g/mol. The Morgan fingerprint density at radius 1 is 1.12 bits per heavy atom. The van der Waals surface area contributed by atoms with E-state index < -0.39 is 10.0 Å². The minimum atomic E-state index is -3.48. The van der Waals surface area contributed by atoms with Gasteiger partial charge in [-0.1, -0.05) is 24.3 Å². The topological polar surface area (TPSA) is 90.3 Å². The van der Waals surface area contributed by atoms with Crippen molar-refractivity contribution in [2.45, 2.75) is 11.3 Å². The molecule has 0 saturated heterocycles. The Hall–Kier alpha value is -2.69. The second kappa shape index (κ2) is 7.25. The number of para-hydroxylation sites is 1. The summed E-state index contributed by atoms with van der Waals surface area (Å²) in [4.78, 5) is 12.3. The highest BCUT2D eigenvalue weighted by Crippen LogP contribution is 2.16. The number of amides is 1. The molecule has 0 radical (unpaired) electrons. The number of nitrogens with zero attached hydrogens (tertiary/aromatic N) is 2. The molecule has 0 fully saturated rings. The Labute approximate surface area is 141 Å². The van der Waals surface area contributed by atoms with Gasteiger partial charge in [0.05, 0.1) is 22.6 Å². The number of hydrogen-bond donors (Lipinski definition) is 1. The first-order valence-corrected chi connectivity index (χ1v) is 8.59. The molecule has 124 valence electrons. The number of nitrogens with one attached hydrogen (secondary N) is 1. The minimum absolute atomic E-state index is 0.0854. The van der Waals surface area contributed by atoms with Crippen LogP contribution in [0.2, 0.25) is 0 Å². The van der Waals surface area contributed by atoms with Gasteiger partial charge in [-0.25, -0.2) is 12.7 Å². The van der Waals surface area contributed by atoms with E-state index in [1.807, 2.05) is 6.07 Å². The van der Waals surface area contributed by atoms with Gasteiger partial charge in [-0.15, -0.1) is 0 Å². The monoisotopic (exact) mass is 343 g/mol. The van der Waals surface area contributed by atoms with Crippen LogP contribution in [-0.4, -0.2) is 32.7 Å². The Bertz CT molecular complexity index is 882. The van der Waals surface area contributed by atoms with Gasteiger partial charge in [-0.05, 0) is 29.8 Å². The third-order valence-electron chi connectivity index (χ3n) is 3.39. The molecule has 0 aliphatic carbocycles. The van der Waals surface area contributed by atoms with E-state index in [2.05, 4.69) is 5.32 Å². The lowest BCUT2D eigenvalue weighted by molar-refractivity contribution is -0.115. The highest BCUT2D eigenvalue weighted by Gasteiger charge is 2.17. The predicted molar refractivity (Wildman–Crippen MR) is 90.8 cm³/mol. The average Bonchev–Trinajstić information content (AvgIpc) is 2.55. The van der Waals surface area contributed by atoms with Crippen molar-refractivity contribution in [1.29, 1.82) is 5.26 Å². The zero-order chi connectivity index (χ0) is 17.7. The number of anilines is 1. The van der Waals surface area contributed by atoms with Crippen molar-refractivity contribution in [3.05, 3.63) is 59.7 Å². The molecule has 0 aliphatic heterocycles. The van der Waals surface area contributed by atoms with Crippen LogP contribution in [0.4, 0.5) is 5.69 Å². The fraction of sp³-hybridized carbons (Fsp3) is 0.176. The van der Waals surface area contributed by atoms with Gasteiger partial charge in [0.1, 0.15) is 6.07 Å². The molecule has 0 aliphatic rings. The molecule has 2 aromatic rings. The van der Waals surface area contributed by atoms with Crippen LogP contribution in [0, 0.1) is 11.3 Å².